The lowest BCUT2D eigenvalue weighted by Crippen LogP contribution is -2.53. The van der Waals surface area contributed by atoms with Crippen molar-refractivity contribution in [1.29, 1.82) is 0 Å². The highest BCUT2D eigenvalue weighted by atomic mass is 35.5. The third kappa shape index (κ3) is 6.05. The van der Waals surface area contributed by atoms with Crippen molar-refractivity contribution in [2.45, 2.75) is 43.9 Å². The summed E-state index contributed by atoms with van der Waals surface area (Å²) >= 11 is 6.90. The van der Waals surface area contributed by atoms with E-state index in [1.165, 1.54) is 23.5 Å². The Hall–Kier alpha value is -3.19. The number of nitrogens with zero attached hydrogens (tertiary/aromatic N) is 4. The maximum Gasteiger partial charge on any atom is 0.402 e. The molecule has 2 fully saturated rings. The molecule has 3 aromatic rings. The Morgan fingerprint density at radius 2 is 1.71 bits per heavy atom. The first-order valence-electron chi connectivity index (χ1n) is 14.6. The van der Waals surface area contributed by atoms with Crippen LogP contribution in [0.1, 0.15) is 36.9 Å². The smallest absolute Gasteiger partial charge is 0.402 e. The molecule has 6 rings (SSSR count). The van der Waals surface area contributed by atoms with E-state index < -0.39 is 28.5 Å². The van der Waals surface area contributed by atoms with Crippen LogP contribution in [-0.2, 0) is 23.8 Å². The molecule has 0 N–H and O–H groups in total. The predicted molar refractivity (Wildman–Crippen MR) is 164 cm³/mol. The number of ether oxygens (including phenoxy) is 1. The zero-order valence-electron chi connectivity index (χ0n) is 24.8. The lowest BCUT2D eigenvalue weighted by atomic mass is 9.78. The lowest BCUT2D eigenvalue weighted by molar-refractivity contribution is -0.136. The Kier molecular flexibility index (Phi) is 8.38. The molecule has 2 aromatic carbocycles. The molecular weight excluding hydrogens is 632 g/mol. The minimum atomic E-state index is -4.69. The minimum Gasteiger partial charge on any atom is -0.497 e. The van der Waals surface area contributed by atoms with Gasteiger partial charge >= 0.3 is 6.18 Å². The van der Waals surface area contributed by atoms with Gasteiger partial charge in [0.1, 0.15) is 18.1 Å². The van der Waals surface area contributed by atoms with E-state index in [1.54, 1.807) is 48.1 Å². The molecule has 2 aliphatic carbocycles. The fourth-order valence-corrected chi connectivity index (χ4v) is 9.63. The van der Waals surface area contributed by atoms with Crippen LogP contribution in [0.25, 0.3) is 17.3 Å². The van der Waals surface area contributed by atoms with E-state index in [9.17, 15) is 26.0 Å². The number of halogens is 5. The molecule has 7 nitrogen and oxygen atoms in total. The summed E-state index contributed by atoms with van der Waals surface area (Å²) in [5.41, 5.74) is 2.67. The Bertz CT molecular complexity index is 1740. The van der Waals surface area contributed by atoms with Crippen LogP contribution in [0.2, 0.25) is 0 Å². The van der Waals surface area contributed by atoms with Gasteiger partial charge in [-0.1, -0.05) is 29.8 Å². The number of hydrogen-bond donors (Lipinski definition) is 0. The lowest BCUT2D eigenvalue weighted by Gasteiger charge is -2.41. The van der Waals surface area contributed by atoms with E-state index in [-0.39, 0.29) is 30.7 Å². The van der Waals surface area contributed by atoms with Crippen LogP contribution in [0.15, 0.2) is 71.3 Å². The van der Waals surface area contributed by atoms with E-state index in [0.717, 1.165) is 16.8 Å². The first-order valence-corrected chi connectivity index (χ1v) is 16.4. The third-order valence-corrected chi connectivity index (χ3v) is 11.7. The molecule has 240 valence electrons. The highest BCUT2D eigenvalue weighted by Gasteiger charge is 2.65. The maximum atomic E-state index is 13.9. The van der Waals surface area contributed by atoms with E-state index in [1.807, 2.05) is 18.2 Å². The van der Waals surface area contributed by atoms with Crippen molar-refractivity contribution in [3.05, 3.63) is 88.4 Å². The number of aromatic nitrogens is 2. The molecule has 1 aromatic heterocycles. The number of aryl methyl sites for hydroxylation is 1. The van der Waals surface area contributed by atoms with Gasteiger partial charge in [-0.2, -0.15) is 35.3 Å². The van der Waals surface area contributed by atoms with Crippen molar-refractivity contribution in [1.82, 2.24) is 18.4 Å². The predicted octanol–water partition coefficient (Wildman–Crippen LogP) is 6.92. The van der Waals surface area contributed by atoms with Crippen LogP contribution in [0.5, 0.6) is 5.75 Å². The second-order valence-corrected chi connectivity index (χ2v) is 14.3. The normalized spacial score (nSPS) is 25.5. The Balaban J connectivity index is 1.32. The zero-order chi connectivity index (χ0) is 32.1. The summed E-state index contributed by atoms with van der Waals surface area (Å²) in [5.74, 6) is -0.242. The highest BCUT2D eigenvalue weighted by molar-refractivity contribution is 7.87. The fraction of sp³-hybridized carbons (Fsp3) is 0.406. The zero-order valence-corrected chi connectivity index (χ0v) is 26.3. The van der Waals surface area contributed by atoms with Crippen LogP contribution < -0.4 is 4.74 Å². The molecule has 3 aliphatic rings. The molecule has 1 saturated carbocycles. The summed E-state index contributed by atoms with van der Waals surface area (Å²) in [4.78, 5) is 0. The van der Waals surface area contributed by atoms with Gasteiger partial charge in [-0.05, 0) is 103 Å². The number of allylic oxidation sites excluding steroid dienone is 3. The van der Waals surface area contributed by atoms with E-state index in [0.29, 0.717) is 52.0 Å². The summed E-state index contributed by atoms with van der Waals surface area (Å²) in [6, 6.07) is 14.9. The molecule has 2 bridgehead atoms. The number of benzene rings is 2. The Morgan fingerprint density at radius 1 is 1.04 bits per heavy atom. The van der Waals surface area contributed by atoms with Crippen molar-refractivity contribution in [2.75, 3.05) is 20.2 Å². The van der Waals surface area contributed by atoms with Crippen molar-refractivity contribution in [3.63, 3.8) is 0 Å². The number of hydrogen-bond acceptors (Lipinski definition) is 4. The largest absolute Gasteiger partial charge is 0.497 e. The topological polar surface area (TPSA) is 67.7 Å². The van der Waals surface area contributed by atoms with Crippen molar-refractivity contribution >= 4 is 27.9 Å². The van der Waals surface area contributed by atoms with Crippen LogP contribution >= 0.6 is 11.6 Å². The van der Waals surface area contributed by atoms with Crippen molar-refractivity contribution in [2.24, 2.45) is 18.9 Å². The van der Waals surface area contributed by atoms with Gasteiger partial charge in [-0.3, -0.25) is 4.68 Å². The van der Waals surface area contributed by atoms with Gasteiger partial charge in [-0.15, -0.1) is 0 Å². The van der Waals surface area contributed by atoms with Crippen molar-refractivity contribution in [3.8, 4) is 17.0 Å². The van der Waals surface area contributed by atoms with E-state index in [4.69, 9.17) is 16.3 Å². The summed E-state index contributed by atoms with van der Waals surface area (Å²) in [5, 5.41) is 5.13. The molecule has 0 radical (unpaired) electrons. The van der Waals surface area contributed by atoms with Gasteiger partial charge in [0.05, 0.1) is 24.0 Å². The van der Waals surface area contributed by atoms with Crippen LogP contribution in [0.4, 0.5) is 17.6 Å². The highest BCUT2D eigenvalue weighted by Crippen LogP contribution is 2.57. The molecule has 45 heavy (non-hydrogen) atoms. The Morgan fingerprint density at radius 3 is 2.36 bits per heavy atom. The quantitative estimate of drug-likeness (QED) is 0.257. The number of methoxy groups -OCH3 is 1. The average Bonchev–Trinajstić information content (AvgIpc) is 3.55. The monoisotopic (exact) mass is 664 g/mol. The molecule has 1 spiro atoms. The summed E-state index contributed by atoms with van der Waals surface area (Å²) in [6.07, 6.45) is 1.11. The summed E-state index contributed by atoms with van der Waals surface area (Å²) in [6.45, 7) is -1.85. The van der Waals surface area contributed by atoms with E-state index >= 15 is 0 Å². The average molecular weight is 665 g/mol. The number of alkyl halides is 3. The summed E-state index contributed by atoms with van der Waals surface area (Å²) < 4.78 is 91.1. The standard InChI is InChI=1S/C32H33ClF4N4O3S/c1-39-30(22-5-10-26(34)11-6-22)17-27(38-39)12-7-23-15-24-8-9-25(16-29(23)33)31(24)19-40(20-32(35,36)37)45(42,43)41(31)18-21-3-13-28(44-2)14-4-21/h3-7,10-14,17,24-25H,8-9,15-16,18-20H2,1-2H3. The third-order valence-electron chi connectivity index (χ3n) is 9.35. The van der Waals surface area contributed by atoms with Crippen LogP contribution in [-0.4, -0.2) is 58.7 Å². The summed E-state index contributed by atoms with van der Waals surface area (Å²) in [7, 11) is -1.13. The Labute approximate surface area is 264 Å². The number of rotatable bonds is 7. The van der Waals surface area contributed by atoms with E-state index in [2.05, 4.69) is 5.10 Å². The first kappa shape index (κ1) is 31.8. The molecule has 3 atom stereocenters. The van der Waals surface area contributed by atoms with Gasteiger partial charge in [0, 0.05) is 25.2 Å². The molecule has 13 heteroatoms. The van der Waals surface area contributed by atoms with Gasteiger partial charge in [0.15, 0.2) is 0 Å². The van der Waals surface area contributed by atoms with Crippen LogP contribution in [0.3, 0.4) is 0 Å². The molecule has 1 aliphatic heterocycles. The molecule has 0 amide bonds. The van der Waals surface area contributed by atoms with Crippen molar-refractivity contribution < 1.29 is 30.7 Å². The minimum absolute atomic E-state index is 0.0590. The van der Waals surface area contributed by atoms with Gasteiger partial charge in [-0.25, -0.2) is 4.39 Å². The van der Waals surface area contributed by atoms with Gasteiger partial charge in [0.2, 0.25) is 0 Å². The molecule has 2 heterocycles. The van der Waals surface area contributed by atoms with Gasteiger partial charge < -0.3 is 4.74 Å². The second-order valence-electron chi connectivity index (χ2n) is 12.0. The SMILES string of the molecule is COc1ccc(CN2C3(CN(CC(F)(F)F)S2(=O)=O)C2CCC3CC(C=Cc3cc(-c4ccc(F)cc4)n(C)n3)=C(Cl)C2)cc1. The van der Waals surface area contributed by atoms with Crippen LogP contribution in [0, 0.1) is 17.7 Å². The first-order chi connectivity index (χ1) is 21.3. The molecule has 3 unspecified atom stereocenters. The second kappa shape index (κ2) is 11.9. The van der Waals surface area contributed by atoms with Gasteiger partial charge in [0.25, 0.3) is 10.2 Å². The fourth-order valence-electron chi connectivity index (χ4n) is 7.25. The molecule has 1 saturated heterocycles. The molecular formula is C32H33ClF4N4O3S. The maximum absolute atomic E-state index is 13.9.